The van der Waals surface area contributed by atoms with Crippen molar-refractivity contribution in [2.45, 2.75) is 109 Å². The largest absolute Gasteiger partial charge is 0.459 e. The molecule has 0 spiro atoms. The van der Waals surface area contributed by atoms with Crippen LogP contribution in [0.4, 0.5) is 4.79 Å². The Morgan fingerprint density at radius 2 is 1.36 bits per heavy atom. The van der Waals surface area contributed by atoms with Crippen LogP contribution in [0.2, 0.25) is 0 Å². The second-order valence-electron chi connectivity index (χ2n) is 14.1. The Bertz CT molecular complexity index is 1850. The molecule has 1 aliphatic rings. The van der Waals surface area contributed by atoms with Gasteiger partial charge in [-0.3, -0.25) is 9.59 Å². The van der Waals surface area contributed by atoms with Crippen LogP contribution in [-0.4, -0.2) is 67.8 Å². The number of sulfonamides is 1. The van der Waals surface area contributed by atoms with Gasteiger partial charge in [0.1, 0.15) is 25.3 Å². The van der Waals surface area contributed by atoms with Gasteiger partial charge in [-0.2, -0.15) is 0 Å². The van der Waals surface area contributed by atoms with E-state index < -0.39 is 46.1 Å². The van der Waals surface area contributed by atoms with Gasteiger partial charge in [-0.05, 0) is 55.9 Å². The summed E-state index contributed by atoms with van der Waals surface area (Å²) in [7, 11) is -4.00. The predicted octanol–water partition coefficient (Wildman–Crippen LogP) is 5.77. The molecule has 3 N–H and O–H groups in total. The fraction of sp³-hybridized carbons (Fsp3) is 0.439. The van der Waals surface area contributed by atoms with Crippen LogP contribution >= 0.6 is 0 Å². The molecule has 0 saturated carbocycles. The third kappa shape index (κ3) is 13.5. The molecule has 0 fully saturated rings. The Labute approximate surface area is 324 Å². The molecule has 3 atom stereocenters. The van der Waals surface area contributed by atoms with Crippen LogP contribution in [0.1, 0.15) is 82.4 Å². The zero-order chi connectivity index (χ0) is 39.8. The first kappa shape index (κ1) is 42.5. The topological polar surface area (TPSA) is 173 Å². The number of carbonyl (C=O) groups is 4. The predicted molar refractivity (Wildman–Crippen MR) is 209 cm³/mol. The van der Waals surface area contributed by atoms with E-state index in [1.807, 2.05) is 81.4 Å². The fourth-order valence-corrected chi connectivity index (χ4v) is 6.93. The van der Waals surface area contributed by atoms with Crippen molar-refractivity contribution in [2.24, 2.45) is 10.9 Å². The Hall–Kier alpha value is -5.24. The number of guanidine groups is 1. The van der Waals surface area contributed by atoms with Gasteiger partial charge in [0.05, 0.1) is 17.5 Å². The summed E-state index contributed by atoms with van der Waals surface area (Å²) in [5.41, 5.74) is 2.55. The van der Waals surface area contributed by atoms with Crippen molar-refractivity contribution >= 4 is 39.9 Å². The lowest BCUT2D eigenvalue weighted by Gasteiger charge is -2.25. The second-order valence-corrected chi connectivity index (χ2v) is 15.7. The maximum Gasteiger partial charge on any atom is 0.417 e. The van der Waals surface area contributed by atoms with Crippen LogP contribution in [0.5, 0.6) is 0 Å². The molecule has 0 saturated heterocycles. The lowest BCUT2D eigenvalue weighted by molar-refractivity contribution is -0.150. The standard InChI is InChI=1S/C41H53N5O8S/c1-29(2)37(39(49)53-27-32-16-10-8-11-17-32)44-38(48)31(4)43-36(47)21-15-7-5-6-14-20-34-26-42-40(45-55(51,52)35-24-22-30(3)23-25-35)46(34)41(50)54-28-33-18-12-9-13-19-33/h8-13,16-19,22-25,29,31,34,37H,5-7,14-15,20-21,26-28H2,1-4H3,(H,42,45)(H,43,47)(H,44,48)/t31-,34?,37?/m0/s1. The Morgan fingerprint density at radius 3 is 1.98 bits per heavy atom. The molecule has 13 nitrogen and oxygen atoms in total. The van der Waals surface area contributed by atoms with Crippen LogP contribution in [0.15, 0.2) is 94.8 Å². The van der Waals surface area contributed by atoms with E-state index in [0.29, 0.717) is 12.8 Å². The van der Waals surface area contributed by atoms with Gasteiger partial charge < -0.3 is 20.1 Å². The van der Waals surface area contributed by atoms with E-state index in [9.17, 15) is 27.6 Å². The Kier molecular flexibility index (Phi) is 16.2. The van der Waals surface area contributed by atoms with Crippen LogP contribution in [-0.2, 0) is 47.1 Å². The molecule has 3 amide bonds. The molecule has 55 heavy (non-hydrogen) atoms. The number of nitrogens with zero attached hydrogens (tertiary/aromatic N) is 2. The van der Waals surface area contributed by atoms with Crippen LogP contribution in [0.3, 0.4) is 0 Å². The summed E-state index contributed by atoms with van der Waals surface area (Å²) in [6.45, 7) is 7.41. The zero-order valence-electron chi connectivity index (χ0n) is 32.0. The number of esters is 1. The van der Waals surface area contributed by atoms with Crippen LogP contribution in [0, 0.1) is 12.8 Å². The number of aliphatic imine (C=N–C) groups is 1. The smallest absolute Gasteiger partial charge is 0.417 e. The molecule has 14 heteroatoms. The van der Waals surface area contributed by atoms with Gasteiger partial charge in [-0.25, -0.2) is 32.6 Å². The maximum absolute atomic E-state index is 13.4. The van der Waals surface area contributed by atoms with E-state index in [1.165, 1.54) is 17.0 Å². The van der Waals surface area contributed by atoms with E-state index in [2.05, 4.69) is 20.3 Å². The first-order valence-electron chi connectivity index (χ1n) is 18.8. The molecule has 2 unspecified atom stereocenters. The summed E-state index contributed by atoms with van der Waals surface area (Å²) in [5, 5.41) is 5.43. The van der Waals surface area contributed by atoms with E-state index in [1.54, 1.807) is 19.1 Å². The van der Waals surface area contributed by atoms with E-state index in [4.69, 9.17) is 9.47 Å². The van der Waals surface area contributed by atoms with Gasteiger partial charge in [0.25, 0.3) is 10.0 Å². The number of unbranched alkanes of at least 4 members (excludes halogenated alkanes) is 4. The summed E-state index contributed by atoms with van der Waals surface area (Å²) in [5.74, 6) is -1.55. The van der Waals surface area contributed by atoms with Crippen LogP contribution in [0.25, 0.3) is 0 Å². The van der Waals surface area contributed by atoms with Crippen molar-refractivity contribution in [1.29, 1.82) is 0 Å². The van der Waals surface area contributed by atoms with E-state index in [-0.39, 0.29) is 48.9 Å². The van der Waals surface area contributed by atoms with Gasteiger partial charge in [0.2, 0.25) is 17.8 Å². The monoisotopic (exact) mass is 775 g/mol. The molecule has 0 radical (unpaired) electrons. The molecular weight excluding hydrogens is 723 g/mol. The lowest BCUT2D eigenvalue weighted by atomic mass is 10.0. The molecule has 1 aliphatic heterocycles. The summed E-state index contributed by atoms with van der Waals surface area (Å²) >= 11 is 0. The number of amides is 3. The highest BCUT2D eigenvalue weighted by Crippen LogP contribution is 2.21. The molecule has 4 rings (SSSR count). The fourth-order valence-electron chi connectivity index (χ4n) is 5.91. The third-order valence-corrected chi connectivity index (χ3v) is 10.5. The number of hydrogen-bond donors (Lipinski definition) is 3. The van der Waals surface area contributed by atoms with Gasteiger partial charge >= 0.3 is 12.1 Å². The summed E-state index contributed by atoms with van der Waals surface area (Å²) in [6.07, 6.45) is 3.94. The van der Waals surface area contributed by atoms with Crippen molar-refractivity contribution in [2.75, 3.05) is 6.54 Å². The highest BCUT2D eigenvalue weighted by atomic mass is 32.2. The summed E-state index contributed by atoms with van der Waals surface area (Å²) in [6, 6.07) is 22.8. The van der Waals surface area contributed by atoms with Crippen molar-refractivity contribution in [1.82, 2.24) is 20.3 Å². The highest BCUT2D eigenvalue weighted by molar-refractivity contribution is 7.90. The normalized spacial score (nSPS) is 15.1. The SMILES string of the molecule is Cc1ccc(S(=O)(=O)NC2=NCC(CCCCCCCC(=O)N[C@@H](C)C(=O)NC(C(=O)OCc3ccccc3)C(C)C)N2C(=O)OCc2ccccc2)cc1. The minimum absolute atomic E-state index is 0.0280. The minimum Gasteiger partial charge on any atom is -0.459 e. The van der Waals surface area contributed by atoms with Gasteiger partial charge in [-0.15, -0.1) is 0 Å². The molecule has 0 aliphatic carbocycles. The highest BCUT2D eigenvalue weighted by Gasteiger charge is 2.36. The van der Waals surface area contributed by atoms with Gasteiger partial charge in [0, 0.05) is 6.42 Å². The first-order valence-corrected chi connectivity index (χ1v) is 20.3. The van der Waals surface area contributed by atoms with Gasteiger partial charge in [-0.1, -0.05) is 118 Å². The van der Waals surface area contributed by atoms with Crippen LogP contribution < -0.4 is 15.4 Å². The van der Waals surface area contributed by atoms with E-state index >= 15 is 0 Å². The third-order valence-electron chi connectivity index (χ3n) is 9.16. The number of carbonyl (C=O) groups excluding carboxylic acids is 4. The lowest BCUT2D eigenvalue weighted by Crippen LogP contribution is -2.52. The number of benzene rings is 3. The van der Waals surface area contributed by atoms with Crippen molar-refractivity contribution in [3.05, 3.63) is 102 Å². The summed E-state index contributed by atoms with van der Waals surface area (Å²) < 4.78 is 39.8. The van der Waals surface area contributed by atoms with Crippen molar-refractivity contribution < 1.29 is 37.1 Å². The number of ether oxygens (including phenoxy) is 2. The van der Waals surface area contributed by atoms with Crippen molar-refractivity contribution in [3.63, 3.8) is 0 Å². The quantitative estimate of drug-likeness (QED) is 0.102. The number of nitrogens with one attached hydrogen (secondary N) is 3. The molecule has 296 valence electrons. The molecule has 3 aromatic carbocycles. The zero-order valence-corrected chi connectivity index (χ0v) is 32.8. The first-order chi connectivity index (χ1) is 26.3. The molecule has 0 aromatic heterocycles. The average Bonchev–Trinajstić information content (AvgIpc) is 3.56. The number of aryl methyl sites for hydroxylation is 1. The number of rotatable bonds is 19. The molecular formula is C41H53N5O8S. The Balaban J connectivity index is 1.19. The van der Waals surface area contributed by atoms with E-state index in [0.717, 1.165) is 42.4 Å². The summed E-state index contributed by atoms with van der Waals surface area (Å²) in [4.78, 5) is 57.3. The Morgan fingerprint density at radius 1 is 0.782 bits per heavy atom. The van der Waals surface area contributed by atoms with Crippen molar-refractivity contribution in [3.8, 4) is 0 Å². The molecule has 3 aromatic rings. The minimum atomic E-state index is -4.00. The maximum atomic E-state index is 13.4. The average molecular weight is 776 g/mol. The molecule has 1 heterocycles. The second kappa shape index (κ2) is 21.0. The van der Waals surface area contributed by atoms with Gasteiger partial charge in [0.15, 0.2) is 0 Å². The molecule has 0 bridgehead atoms. The number of hydrogen-bond acceptors (Lipinski definition) is 9.